The summed E-state index contributed by atoms with van der Waals surface area (Å²) in [6.45, 7) is 2.18. The summed E-state index contributed by atoms with van der Waals surface area (Å²) in [6, 6.07) is 33.7. The molecule has 0 fully saturated rings. The molecular weight excluding hydrogens is 440 g/mol. The van der Waals surface area contributed by atoms with E-state index < -0.39 is 0 Å². The molecule has 0 spiro atoms. The van der Waals surface area contributed by atoms with Crippen LogP contribution in [0, 0.1) is 6.92 Å². The summed E-state index contributed by atoms with van der Waals surface area (Å²) >= 11 is 0. The molecule has 0 aliphatic heterocycles. The van der Waals surface area contributed by atoms with Crippen LogP contribution in [0.3, 0.4) is 0 Å². The topological polar surface area (TPSA) is 41.9 Å². The molecule has 0 atom stereocenters. The number of hydrogen-bond donors (Lipinski definition) is 0. The highest BCUT2D eigenvalue weighted by atomic mass is 15.2. The van der Waals surface area contributed by atoms with Gasteiger partial charge in [0.1, 0.15) is 0 Å². The average molecular weight is 463 g/mol. The van der Waals surface area contributed by atoms with E-state index in [4.69, 9.17) is 9.97 Å². The lowest BCUT2D eigenvalue weighted by Gasteiger charge is -2.28. The molecule has 0 unspecified atom stereocenters. The maximum Gasteiger partial charge on any atom is 0.0951 e. The second-order valence-electron chi connectivity index (χ2n) is 9.02. The lowest BCUT2D eigenvalue weighted by Crippen LogP contribution is -2.12. The van der Waals surface area contributed by atoms with Crippen LogP contribution in [0.1, 0.15) is 5.56 Å². The number of benzene rings is 4. The van der Waals surface area contributed by atoms with Crippen LogP contribution in [0.4, 0.5) is 17.1 Å². The first kappa shape index (κ1) is 20.5. The Kier molecular flexibility index (Phi) is 4.64. The minimum atomic E-state index is 0.948. The van der Waals surface area contributed by atoms with Crippen LogP contribution in [0.25, 0.3) is 43.5 Å². The molecule has 4 heteroatoms. The number of aromatic nitrogens is 3. The van der Waals surface area contributed by atoms with E-state index in [0.717, 1.165) is 55.2 Å². The lowest BCUT2D eigenvalue weighted by molar-refractivity contribution is 1.26. The van der Waals surface area contributed by atoms with E-state index >= 15 is 0 Å². The third-order valence-corrected chi connectivity index (χ3v) is 6.91. The Morgan fingerprint density at radius 2 is 1.25 bits per heavy atom. The fourth-order valence-corrected chi connectivity index (χ4v) is 5.20. The van der Waals surface area contributed by atoms with Gasteiger partial charge in [-0.3, -0.25) is 15.0 Å². The third-order valence-electron chi connectivity index (χ3n) is 6.91. The molecule has 0 aliphatic rings. The molecule has 0 saturated carbocycles. The maximum atomic E-state index is 4.90. The number of nitrogens with zero attached hydrogens (tertiary/aromatic N) is 4. The SMILES string of the molecule is Cc1c2ccccc2c(N(c2ccccc2)c2cnc3cc4cccnc4cc3c2)c2ncccc12. The van der Waals surface area contributed by atoms with Crippen LogP contribution in [-0.2, 0) is 0 Å². The molecule has 7 aromatic rings. The van der Waals surface area contributed by atoms with Gasteiger partial charge < -0.3 is 4.90 Å². The van der Waals surface area contributed by atoms with Gasteiger partial charge in [0.05, 0.1) is 34.1 Å². The molecule has 170 valence electrons. The fourth-order valence-electron chi connectivity index (χ4n) is 5.20. The van der Waals surface area contributed by atoms with Crippen LogP contribution < -0.4 is 4.90 Å². The van der Waals surface area contributed by atoms with Crippen molar-refractivity contribution in [2.24, 2.45) is 0 Å². The summed E-state index contributed by atoms with van der Waals surface area (Å²) in [6.07, 6.45) is 5.67. The monoisotopic (exact) mass is 462 g/mol. The Hall–Kier alpha value is -4.83. The zero-order valence-electron chi connectivity index (χ0n) is 19.8. The minimum Gasteiger partial charge on any atom is -0.306 e. The van der Waals surface area contributed by atoms with Crippen molar-refractivity contribution in [3.05, 3.63) is 121 Å². The number of hydrogen-bond acceptors (Lipinski definition) is 4. The fraction of sp³-hybridized carbons (Fsp3) is 0.0312. The van der Waals surface area contributed by atoms with Crippen LogP contribution >= 0.6 is 0 Å². The van der Waals surface area contributed by atoms with E-state index in [0.29, 0.717) is 0 Å². The highest BCUT2D eigenvalue weighted by Gasteiger charge is 2.21. The quantitative estimate of drug-likeness (QED) is 0.248. The second-order valence-corrected chi connectivity index (χ2v) is 9.02. The van der Waals surface area contributed by atoms with E-state index in [1.807, 2.05) is 36.8 Å². The van der Waals surface area contributed by atoms with Crippen LogP contribution in [-0.4, -0.2) is 15.0 Å². The van der Waals surface area contributed by atoms with Gasteiger partial charge >= 0.3 is 0 Å². The first-order chi connectivity index (χ1) is 17.8. The Morgan fingerprint density at radius 1 is 0.556 bits per heavy atom. The minimum absolute atomic E-state index is 0.948. The average Bonchev–Trinajstić information content (AvgIpc) is 2.94. The summed E-state index contributed by atoms with van der Waals surface area (Å²) < 4.78 is 0. The largest absolute Gasteiger partial charge is 0.306 e. The van der Waals surface area contributed by atoms with Gasteiger partial charge in [0, 0.05) is 39.6 Å². The molecule has 0 N–H and O–H groups in total. The summed E-state index contributed by atoms with van der Waals surface area (Å²) in [5, 5.41) is 5.66. The number of rotatable bonds is 3. The molecule has 3 heterocycles. The van der Waals surface area contributed by atoms with Crippen molar-refractivity contribution < 1.29 is 0 Å². The molecular formula is C32H22N4. The predicted molar refractivity (Wildman–Crippen MR) is 149 cm³/mol. The smallest absolute Gasteiger partial charge is 0.0951 e. The molecule has 0 radical (unpaired) electrons. The number of para-hydroxylation sites is 1. The van der Waals surface area contributed by atoms with Gasteiger partial charge in [0.2, 0.25) is 0 Å². The van der Waals surface area contributed by atoms with E-state index in [2.05, 4.69) is 95.7 Å². The Balaban J connectivity index is 1.58. The van der Waals surface area contributed by atoms with E-state index in [9.17, 15) is 0 Å². The highest BCUT2D eigenvalue weighted by molar-refractivity contribution is 6.15. The van der Waals surface area contributed by atoms with Crippen molar-refractivity contribution in [1.82, 2.24) is 15.0 Å². The van der Waals surface area contributed by atoms with Gasteiger partial charge in [-0.05, 0) is 60.3 Å². The second kappa shape index (κ2) is 8.14. The first-order valence-electron chi connectivity index (χ1n) is 12.0. The van der Waals surface area contributed by atoms with Crippen LogP contribution in [0.5, 0.6) is 0 Å². The number of fused-ring (bicyclic) bond motifs is 4. The summed E-state index contributed by atoms with van der Waals surface area (Å²) in [7, 11) is 0. The van der Waals surface area contributed by atoms with Crippen molar-refractivity contribution >= 4 is 60.5 Å². The van der Waals surface area contributed by atoms with Gasteiger partial charge in [0.25, 0.3) is 0 Å². The standard InChI is InChI=1S/C32H22N4/c1-21-26-12-5-6-13-28(26)32(31-27(21)14-8-16-34-31)36(24-10-3-2-4-11-24)25-17-23-19-29-22(9-7-15-33-29)18-30(23)35-20-25/h2-20H,1H3. The Morgan fingerprint density at radius 3 is 2.14 bits per heavy atom. The third kappa shape index (κ3) is 3.19. The van der Waals surface area contributed by atoms with Gasteiger partial charge in [-0.2, -0.15) is 0 Å². The van der Waals surface area contributed by atoms with Crippen molar-refractivity contribution in [2.45, 2.75) is 6.92 Å². The van der Waals surface area contributed by atoms with Gasteiger partial charge in [0.15, 0.2) is 0 Å². The van der Waals surface area contributed by atoms with Crippen molar-refractivity contribution in [3.63, 3.8) is 0 Å². The van der Waals surface area contributed by atoms with Gasteiger partial charge in [-0.15, -0.1) is 0 Å². The molecule has 3 aromatic heterocycles. The zero-order chi connectivity index (χ0) is 24.1. The molecule has 0 saturated heterocycles. The van der Waals surface area contributed by atoms with E-state index in [-0.39, 0.29) is 0 Å². The summed E-state index contributed by atoms with van der Waals surface area (Å²) in [4.78, 5) is 16.6. The number of pyridine rings is 3. The summed E-state index contributed by atoms with van der Waals surface area (Å²) in [5.41, 5.74) is 7.20. The van der Waals surface area contributed by atoms with Crippen LogP contribution in [0.15, 0.2) is 116 Å². The van der Waals surface area contributed by atoms with Gasteiger partial charge in [-0.25, -0.2) is 0 Å². The Bertz CT molecular complexity index is 1850. The molecule has 0 amide bonds. The molecule has 4 nitrogen and oxygen atoms in total. The van der Waals surface area contributed by atoms with Crippen molar-refractivity contribution in [3.8, 4) is 0 Å². The van der Waals surface area contributed by atoms with Crippen LogP contribution in [0.2, 0.25) is 0 Å². The molecule has 0 bridgehead atoms. The molecule has 7 rings (SSSR count). The summed E-state index contributed by atoms with van der Waals surface area (Å²) in [5.74, 6) is 0. The maximum absolute atomic E-state index is 4.90. The van der Waals surface area contributed by atoms with Gasteiger partial charge in [-0.1, -0.05) is 54.6 Å². The highest BCUT2D eigenvalue weighted by Crippen LogP contribution is 2.44. The first-order valence-corrected chi connectivity index (χ1v) is 12.0. The van der Waals surface area contributed by atoms with E-state index in [1.54, 1.807) is 0 Å². The lowest BCUT2D eigenvalue weighted by atomic mass is 9.97. The molecule has 4 aromatic carbocycles. The zero-order valence-corrected chi connectivity index (χ0v) is 19.8. The van der Waals surface area contributed by atoms with Crippen molar-refractivity contribution in [2.75, 3.05) is 4.90 Å². The normalized spacial score (nSPS) is 11.5. The van der Waals surface area contributed by atoms with E-state index in [1.165, 1.54) is 10.9 Å². The molecule has 0 aliphatic carbocycles. The van der Waals surface area contributed by atoms with Crippen molar-refractivity contribution in [1.29, 1.82) is 0 Å². The number of aryl methyl sites for hydroxylation is 1. The Labute approximate surface area is 208 Å². The predicted octanol–water partition coefficient (Wildman–Crippen LogP) is 8.26. The number of anilines is 3. The molecule has 36 heavy (non-hydrogen) atoms.